The molecule has 0 heterocycles. The fourth-order valence-corrected chi connectivity index (χ4v) is 2.10. The minimum absolute atomic E-state index is 0.0814. The van der Waals surface area contributed by atoms with Crippen LogP contribution < -0.4 is 16.0 Å². The molecule has 1 rings (SSSR count). The quantitative estimate of drug-likeness (QED) is 0.550. The third-order valence-electron chi connectivity index (χ3n) is 2.88. The van der Waals surface area contributed by atoms with Gasteiger partial charge in [0.1, 0.15) is 5.75 Å². The van der Waals surface area contributed by atoms with Gasteiger partial charge in [-0.2, -0.15) is 0 Å². The molecule has 18 heavy (non-hydrogen) atoms. The molecular formula is C14H24N2O2. The molecule has 4 heteroatoms. The highest BCUT2D eigenvalue weighted by atomic mass is 16.5. The topological polar surface area (TPSA) is 56.5 Å². The Labute approximate surface area is 109 Å². The lowest BCUT2D eigenvalue weighted by atomic mass is 9.96. The van der Waals surface area contributed by atoms with Gasteiger partial charge in [-0.25, -0.2) is 0 Å². The lowest BCUT2D eigenvalue weighted by molar-refractivity contribution is 0.149. The fourth-order valence-electron chi connectivity index (χ4n) is 2.10. The van der Waals surface area contributed by atoms with Crippen molar-refractivity contribution in [3.05, 3.63) is 29.8 Å². The van der Waals surface area contributed by atoms with E-state index in [-0.39, 0.29) is 6.04 Å². The van der Waals surface area contributed by atoms with Gasteiger partial charge in [-0.3, -0.25) is 11.3 Å². The summed E-state index contributed by atoms with van der Waals surface area (Å²) in [5.74, 6) is 7.00. The van der Waals surface area contributed by atoms with E-state index in [1.54, 1.807) is 7.11 Å². The molecule has 0 aromatic heterocycles. The number of rotatable bonds is 8. The van der Waals surface area contributed by atoms with Gasteiger partial charge >= 0.3 is 0 Å². The van der Waals surface area contributed by atoms with Crippen LogP contribution in [0.4, 0.5) is 0 Å². The maximum Gasteiger partial charge on any atom is 0.124 e. The molecular weight excluding hydrogens is 228 g/mol. The number of nitrogens with two attached hydrogens (primary N) is 1. The van der Waals surface area contributed by atoms with E-state index in [0.29, 0.717) is 12.5 Å². The van der Waals surface area contributed by atoms with Gasteiger partial charge in [0.2, 0.25) is 0 Å². The highest BCUT2D eigenvalue weighted by Gasteiger charge is 2.17. The molecule has 3 N–H and O–H groups in total. The third-order valence-corrected chi connectivity index (χ3v) is 2.88. The van der Waals surface area contributed by atoms with Gasteiger partial charge in [-0.05, 0) is 25.3 Å². The molecule has 0 radical (unpaired) electrons. The summed E-state index contributed by atoms with van der Waals surface area (Å²) in [7, 11) is 1.72. The maximum atomic E-state index is 5.67. The number of hydrazine groups is 1. The number of methoxy groups -OCH3 is 1. The van der Waals surface area contributed by atoms with Crippen molar-refractivity contribution in [1.29, 1.82) is 0 Å². The summed E-state index contributed by atoms with van der Waals surface area (Å²) in [6, 6.07) is 8.08. The van der Waals surface area contributed by atoms with Crippen LogP contribution in [-0.2, 0) is 4.74 Å². The number of para-hydroxylation sites is 1. The summed E-state index contributed by atoms with van der Waals surface area (Å²) in [4.78, 5) is 0. The molecule has 0 spiro atoms. The summed E-state index contributed by atoms with van der Waals surface area (Å²) >= 11 is 0. The van der Waals surface area contributed by atoms with Crippen LogP contribution in [-0.4, -0.2) is 20.3 Å². The highest BCUT2D eigenvalue weighted by molar-refractivity contribution is 5.35. The van der Waals surface area contributed by atoms with E-state index >= 15 is 0 Å². The first-order valence-corrected chi connectivity index (χ1v) is 6.39. The van der Waals surface area contributed by atoms with Gasteiger partial charge in [0.15, 0.2) is 0 Å². The summed E-state index contributed by atoms with van der Waals surface area (Å²) in [6.07, 6.45) is 0.911. The van der Waals surface area contributed by atoms with E-state index in [4.69, 9.17) is 15.3 Å². The van der Waals surface area contributed by atoms with Gasteiger partial charge in [0.25, 0.3) is 0 Å². The van der Waals surface area contributed by atoms with Gasteiger partial charge in [-0.1, -0.05) is 25.1 Å². The Morgan fingerprint density at radius 1 is 1.33 bits per heavy atom. The zero-order valence-corrected chi connectivity index (χ0v) is 11.5. The number of hydrogen-bond acceptors (Lipinski definition) is 4. The van der Waals surface area contributed by atoms with Crippen molar-refractivity contribution in [3.63, 3.8) is 0 Å². The van der Waals surface area contributed by atoms with Crippen LogP contribution in [0.3, 0.4) is 0 Å². The number of hydrogen-bond donors (Lipinski definition) is 2. The fraction of sp³-hybridized carbons (Fsp3) is 0.571. The predicted octanol–water partition coefficient (Wildman–Crippen LogP) is 2.26. The summed E-state index contributed by atoms with van der Waals surface area (Å²) < 4.78 is 10.8. The molecule has 0 bridgehead atoms. The van der Waals surface area contributed by atoms with Crippen molar-refractivity contribution in [2.24, 2.45) is 11.8 Å². The van der Waals surface area contributed by atoms with Crippen molar-refractivity contribution in [2.45, 2.75) is 26.3 Å². The second kappa shape index (κ2) is 8.08. The summed E-state index contributed by atoms with van der Waals surface area (Å²) in [5, 5.41) is 0. The second-order valence-electron chi connectivity index (χ2n) is 4.49. The van der Waals surface area contributed by atoms with Crippen LogP contribution in [0.1, 0.15) is 31.9 Å². The molecule has 2 unspecified atom stereocenters. The van der Waals surface area contributed by atoms with E-state index in [2.05, 4.69) is 18.4 Å². The van der Waals surface area contributed by atoms with Gasteiger partial charge in [-0.15, -0.1) is 0 Å². The zero-order valence-electron chi connectivity index (χ0n) is 11.5. The average Bonchev–Trinajstić information content (AvgIpc) is 2.37. The number of nitrogens with one attached hydrogen (secondary N) is 1. The molecule has 0 saturated carbocycles. The molecule has 2 atom stereocenters. The molecule has 0 saturated heterocycles. The Morgan fingerprint density at radius 2 is 2.06 bits per heavy atom. The number of ether oxygens (including phenoxy) is 2. The SMILES string of the molecule is CCOc1ccccc1C(CC(C)COC)NN. The second-order valence-corrected chi connectivity index (χ2v) is 4.49. The first-order valence-electron chi connectivity index (χ1n) is 6.39. The van der Waals surface area contributed by atoms with Crippen molar-refractivity contribution < 1.29 is 9.47 Å². The average molecular weight is 252 g/mol. The first-order chi connectivity index (χ1) is 8.72. The predicted molar refractivity (Wildman–Crippen MR) is 73.3 cm³/mol. The van der Waals surface area contributed by atoms with E-state index in [0.717, 1.165) is 24.3 Å². The van der Waals surface area contributed by atoms with Crippen molar-refractivity contribution in [2.75, 3.05) is 20.3 Å². The van der Waals surface area contributed by atoms with Crippen LogP contribution in [0, 0.1) is 5.92 Å². The van der Waals surface area contributed by atoms with Crippen LogP contribution in [0.25, 0.3) is 0 Å². The van der Waals surface area contributed by atoms with Crippen molar-refractivity contribution in [1.82, 2.24) is 5.43 Å². The standard InChI is InChI=1S/C14H24N2O2/c1-4-18-14-8-6-5-7-12(14)13(16-15)9-11(2)10-17-3/h5-8,11,13,16H,4,9-10,15H2,1-3H3. The minimum Gasteiger partial charge on any atom is -0.494 e. The largest absolute Gasteiger partial charge is 0.494 e. The first kappa shape index (κ1) is 15.0. The Bertz CT molecular complexity index is 344. The van der Waals surface area contributed by atoms with Crippen molar-refractivity contribution >= 4 is 0 Å². The van der Waals surface area contributed by atoms with Crippen LogP contribution in [0.5, 0.6) is 5.75 Å². The lowest BCUT2D eigenvalue weighted by Gasteiger charge is -2.22. The third kappa shape index (κ3) is 4.29. The Hall–Kier alpha value is -1.10. The molecule has 1 aromatic rings. The van der Waals surface area contributed by atoms with Gasteiger partial charge in [0, 0.05) is 25.3 Å². The molecule has 1 aromatic carbocycles. The molecule has 102 valence electrons. The summed E-state index contributed by atoms with van der Waals surface area (Å²) in [5.41, 5.74) is 3.97. The van der Waals surface area contributed by atoms with E-state index in [1.807, 2.05) is 25.1 Å². The van der Waals surface area contributed by atoms with Crippen molar-refractivity contribution in [3.8, 4) is 5.75 Å². The molecule has 0 amide bonds. The van der Waals surface area contributed by atoms with Crippen LogP contribution in [0.2, 0.25) is 0 Å². The van der Waals surface area contributed by atoms with E-state index < -0.39 is 0 Å². The van der Waals surface area contributed by atoms with E-state index in [1.165, 1.54) is 0 Å². The molecule has 0 fully saturated rings. The molecule has 0 aliphatic heterocycles. The minimum atomic E-state index is 0.0814. The molecule has 0 aliphatic carbocycles. The van der Waals surface area contributed by atoms with Gasteiger partial charge in [0.05, 0.1) is 6.61 Å². The Kier molecular flexibility index (Phi) is 6.72. The Balaban J connectivity index is 2.80. The lowest BCUT2D eigenvalue weighted by Crippen LogP contribution is -2.30. The molecule has 0 aliphatic rings. The highest BCUT2D eigenvalue weighted by Crippen LogP contribution is 2.29. The van der Waals surface area contributed by atoms with Gasteiger partial charge < -0.3 is 9.47 Å². The van der Waals surface area contributed by atoms with Crippen LogP contribution in [0.15, 0.2) is 24.3 Å². The van der Waals surface area contributed by atoms with E-state index in [9.17, 15) is 0 Å². The normalized spacial score (nSPS) is 14.2. The monoisotopic (exact) mass is 252 g/mol. The smallest absolute Gasteiger partial charge is 0.124 e. The maximum absolute atomic E-state index is 5.67. The zero-order chi connectivity index (χ0) is 13.4. The van der Waals surface area contributed by atoms with Crippen LogP contribution >= 0.6 is 0 Å². The number of benzene rings is 1. The Morgan fingerprint density at radius 3 is 2.67 bits per heavy atom. The summed E-state index contributed by atoms with van der Waals surface area (Å²) in [6.45, 7) is 5.52. The molecule has 4 nitrogen and oxygen atoms in total.